The van der Waals surface area contributed by atoms with Gasteiger partial charge in [0.1, 0.15) is 5.56 Å². The van der Waals surface area contributed by atoms with Crippen LogP contribution in [-0.2, 0) is 6.54 Å². The van der Waals surface area contributed by atoms with Gasteiger partial charge in [-0.15, -0.1) is 6.42 Å². The van der Waals surface area contributed by atoms with Crippen LogP contribution in [0, 0.1) is 12.3 Å². The van der Waals surface area contributed by atoms with E-state index in [1.807, 2.05) is 0 Å². The Labute approximate surface area is 87.3 Å². The number of nitrogens with two attached hydrogens (primary N) is 1. The number of terminal acetylenes is 1. The summed E-state index contributed by atoms with van der Waals surface area (Å²) in [4.78, 5) is 10.7. The zero-order valence-corrected chi connectivity index (χ0v) is 8.49. The SMILES string of the molecule is C#CC[n+]1cccc(C(N)=O)c1.[Br-]. The summed E-state index contributed by atoms with van der Waals surface area (Å²) in [6.07, 6.45) is 8.51. The fourth-order valence-electron chi connectivity index (χ4n) is 0.871. The smallest absolute Gasteiger partial charge is 0.254 e. The maximum Gasteiger partial charge on any atom is 0.254 e. The van der Waals surface area contributed by atoms with Gasteiger partial charge < -0.3 is 22.7 Å². The summed E-state index contributed by atoms with van der Waals surface area (Å²) in [6, 6.07) is 3.38. The van der Waals surface area contributed by atoms with Crippen LogP contribution in [0.3, 0.4) is 0 Å². The molecule has 13 heavy (non-hydrogen) atoms. The summed E-state index contributed by atoms with van der Waals surface area (Å²) in [5, 5.41) is 0. The van der Waals surface area contributed by atoms with Crippen LogP contribution < -0.4 is 27.3 Å². The van der Waals surface area contributed by atoms with Crippen molar-refractivity contribution in [3.8, 4) is 12.3 Å². The number of nitrogens with zero attached hydrogens (tertiary/aromatic N) is 1. The lowest BCUT2D eigenvalue weighted by molar-refractivity contribution is -0.684. The van der Waals surface area contributed by atoms with Crippen LogP contribution in [0.2, 0.25) is 0 Å². The van der Waals surface area contributed by atoms with E-state index in [0.717, 1.165) is 0 Å². The molecule has 0 fully saturated rings. The first-order chi connectivity index (χ1) is 5.74. The third-order valence-electron chi connectivity index (χ3n) is 1.42. The monoisotopic (exact) mass is 240 g/mol. The molecule has 1 aromatic heterocycles. The van der Waals surface area contributed by atoms with Crippen molar-refractivity contribution in [2.75, 3.05) is 0 Å². The summed E-state index contributed by atoms with van der Waals surface area (Å²) in [6.45, 7) is 0.446. The Morgan fingerprint density at radius 1 is 1.69 bits per heavy atom. The molecule has 0 saturated carbocycles. The second-order valence-corrected chi connectivity index (χ2v) is 2.33. The Balaban J connectivity index is 0.00000144. The molecule has 0 spiro atoms. The summed E-state index contributed by atoms with van der Waals surface area (Å²) in [7, 11) is 0. The van der Waals surface area contributed by atoms with Crippen molar-refractivity contribution < 1.29 is 26.3 Å². The fourth-order valence-corrected chi connectivity index (χ4v) is 0.871. The van der Waals surface area contributed by atoms with E-state index in [1.54, 1.807) is 29.1 Å². The molecule has 1 rings (SSSR count). The Bertz CT molecular complexity index is 344. The van der Waals surface area contributed by atoms with Gasteiger partial charge in [-0.3, -0.25) is 4.79 Å². The average molecular weight is 241 g/mol. The molecule has 0 unspecified atom stereocenters. The van der Waals surface area contributed by atoms with E-state index in [1.165, 1.54) is 0 Å². The molecule has 0 bridgehead atoms. The maximum absolute atomic E-state index is 10.7. The largest absolute Gasteiger partial charge is 1.00 e. The van der Waals surface area contributed by atoms with Crippen LogP contribution in [-0.4, -0.2) is 5.91 Å². The zero-order valence-electron chi connectivity index (χ0n) is 6.90. The van der Waals surface area contributed by atoms with Crippen LogP contribution >= 0.6 is 0 Å². The minimum absolute atomic E-state index is 0. The molecule has 0 radical (unpaired) electrons. The van der Waals surface area contributed by atoms with Crippen molar-refractivity contribution in [3.63, 3.8) is 0 Å². The summed E-state index contributed by atoms with van der Waals surface area (Å²) in [5.74, 6) is 2.02. The molecule has 3 nitrogen and oxygen atoms in total. The first-order valence-electron chi connectivity index (χ1n) is 3.46. The molecule has 4 heteroatoms. The van der Waals surface area contributed by atoms with E-state index in [0.29, 0.717) is 12.1 Å². The lowest BCUT2D eigenvalue weighted by Crippen LogP contribution is -3.00. The standard InChI is InChI=1S/C9H8N2O.BrH/c1-2-5-11-6-3-4-8(7-11)9(10)12;/h1,3-4,6-7H,5H2,(H-,10,12);1H. The van der Waals surface area contributed by atoms with Crippen molar-refractivity contribution >= 4 is 5.91 Å². The van der Waals surface area contributed by atoms with Gasteiger partial charge in [-0.25, -0.2) is 0 Å². The number of aromatic nitrogens is 1. The van der Waals surface area contributed by atoms with Crippen molar-refractivity contribution in [1.82, 2.24) is 0 Å². The van der Waals surface area contributed by atoms with E-state index >= 15 is 0 Å². The van der Waals surface area contributed by atoms with Crippen LogP contribution in [0.4, 0.5) is 0 Å². The molecular formula is C9H9BrN2O. The maximum atomic E-state index is 10.7. The van der Waals surface area contributed by atoms with Crippen molar-refractivity contribution in [3.05, 3.63) is 30.1 Å². The summed E-state index contributed by atoms with van der Waals surface area (Å²) in [5.41, 5.74) is 5.54. The van der Waals surface area contributed by atoms with Crippen molar-refractivity contribution in [1.29, 1.82) is 0 Å². The van der Waals surface area contributed by atoms with Gasteiger partial charge in [-0.05, 0) is 12.0 Å². The molecule has 1 aromatic rings. The highest BCUT2D eigenvalue weighted by Crippen LogP contribution is 1.91. The van der Waals surface area contributed by atoms with Crippen LogP contribution in [0.15, 0.2) is 24.5 Å². The first kappa shape index (κ1) is 11.7. The highest BCUT2D eigenvalue weighted by Gasteiger charge is 2.04. The van der Waals surface area contributed by atoms with Gasteiger partial charge >= 0.3 is 0 Å². The fraction of sp³-hybridized carbons (Fsp3) is 0.111. The first-order valence-corrected chi connectivity index (χ1v) is 3.46. The number of pyridine rings is 1. The second-order valence-electron chi connectivity index (χ2n) is 2.33. The number of hydrogen-bond donors (Lipinski definition) is 1. The molecule has 0 aliphatic rings. The predicted molar refractivity (Wildman–Crippen MR) is 44.0 cm³/mol. The van der Waals surface area contributed by atoms with E-state index < -0.39 is 5.91 Å². The van der Waals surface area contributed by atoms with Gasteiger partial charge in [0.2, 0.25) is 6.54 Å². The van der Waals surface area contributed by atoms with Crippen molar-refractivity contribution in [2.45, 2.75) is 6.54 Å². The summed E-state index contributed by atoms with van der Waals surface area (Å²) >= 11 is 0. The molecule has 68 valence electrons. The Hall–Kier alpha value is -1.34. The van der Waals surface area contributed by atoms with E-state index in [9.17, 15) is 4.79 Å². The van der Waals surface area contributed by atoms with Gasteiger partial charge in [-0.2, -0.15) is 4.57 Å². The van der Waals surface area contributed by atoms with E-state index in [2.05, 4.69) is 5.92 Å². The minimum Gasteiger partial charge on any atom is -1.00 e. The Morgan fingerprint density at radius 2 is 2.38 bits per heavy atom. The number of halogens is 1. The molecule has 0 aliphatic carbocycles. The Morgan fingerprint density at radius 3 is 2.92 bits per heavy atom. The van der Waals surface area contributed by atoms with Gasteiger partial charge in [0.25, 0.3) is 5.91 Å². The lowest BCUT2D eigenvalue weighted by atomic mass is 10.3. The third-order valence-corrected chi connectivity index (χ3v) is 1.42. The Kier molecular flexibility index (Phi) is 4.78. The average Bonchev–Trinajstić information content (AvgIpc) is 2.05. The topological polar surface area (TPSA) is 47.0 Å². The molecule has 1 heterocycles. The third kappa shape index (κ3) is 3.26. The molecule has 1 amide bonds. The number of primary amides is 1. The zero-order chi connectivity index (χ0) is 8.97. The van der Waals surface area contributed by atoms with Crippen molar-refractivity contribution in [2.24, 2.45) is 5.73 Å². The van der Waals surface area contributed by atoms with E-state index in [-0.39, 0.29) is 17.0 Å². The molecule has 0 aromatic carbocycles. The van der Waals surface area contributed by atoms with Gasteiger partial charge in [0.05, 0.1) is 0 Å². The molecule has 2 N–H and O–H groups in total. The predicted octanol–water partition coefficient (Wildman–Crippen LogP) is -3.29. The summed E-state index contributed by atoms with van der Waals surface area (Å²) < 4.78 is 1.72. The normalized spacial score (nSPS) is 8.23. The highest BCUT2D eigenvalue weighted by molar-refractivity contribution is 5.92. The van der Waals surface area contributed by atoms with Crippen LogP contribution in [0.25, 0.3) is 0 Å². The number of amides is 1. The van der Waals surface area contributed by atoms with Gasteiger partial charge in [-0.1, -0.05) is 0 Å². The number of rotatable bonds is 2. The molecule has 0 aliphatic heterocycles. The number of carbonyl (C=O) groups excluding carboxylic acids is 1. The second kappa shape index (κ2) is 5.33. The number of carbonyl (C=O) groups is 1. The molecule has 0 atom stereocenters. The van der Waals surface area contributed by atoms with Crippen LogP contribution in [0.5, 0.6) is 0 Å². The van der Waals surface area contributed by atoms with Gasteiger partial charge in [0.15, 0.2) is 12.4 Å². The molecular weight excluding hydrogens is 232 g/mol. The van der Waals surface area contributed by atoms with E-state index in [4.69, 9.17) is 12.2 Å². The van der Waals surface area contributed by atoms with Gasteiger partial charge in [0, 0.05) is 6.07 Å². The lowest BCUT2D eigenvalue weighted by Gasteiger charge is -1.92. The minimum atomic E-state index is -0.443. The highest BCUT2D eigenvalue weighted by atomic mass is 79.9. The quantitative estimate of drug-likeness (QED) is 0.428. The number of hydrogen-bond acceptors (Lipinski definition) is 1. The van der Waals surface area contributed by atoms with Crippen LogP contribution in [0.1, 0.15) is 10.4 Å². The molecule has 0 saturated heterocycles.